The van der Waals surface area contributed by atoms with Crippen LogP contribution in [0.4, 0.5) is 8.78 Å². The fraction of sp³-hybridized carbons (Fsp3) is 0.241. The summed E-state index contributed by atoms with van der Waals surface area (Å²) in [5.74, 6) is -1.51. The van der Waals surface area contributed by atoms with Gasteiger partial charge in [-0.25, -0.2) is 13.8 Å². The van der Waals surface area contributed by atoms with Gasteiger partial charge in [0.1, 0.15) is 17.9 Å². The Kier molecular flexibility index (Phi) is 10.5. The summed E-state index contributed by atoms with van der Waals surface area (Å²) in [6, 6.07) is 17.2. The summed E-state index contributed by atoms with van der Waals surface area (Å²) in [5.41, 5.74) is 3.57. The quantitative estimate of drug-likeness (QED) is 0.246. The zero-order valence-electron chi connectivity index (χ0n) is 20.9. The highest BCUT2D eigenvalue weighted by Crippen LogP contribution is 2.19. The molecular weight excluding hydrogens is 512 g/mol. The van der Waals surface area contributed by atoms with Crippen LogP contribution in [-0.4, -0.2) is 34.7 Å². The predicted octanol–water partition coefficient (Wildman–Crippen LogP) is 5.10. The number of halogens is 3. The molecule has 2 atom stereocenters. The first-order valence-corrected chi connectivity index (χ1v) is 12.1. The molecule has 0 unspecified atom stereocenters. The Morgan fingerprint density at radius 3 is 2.45 bits per heavy atom. The van der Waals surface area contributed by atoms with Crippen molar-refractivity contribution in [3.05, 3.63) is 113 Å². The number of rotatable bonds is 11. The van der Waals surface area contributed by atoms with E-state index in [4.69, 9.17) is 4.42 Å². The number of amides is 1. The summed E-state index contributed by atoms with van der Waals surface area (Å²) in [5, 5.41) is 17.0. The molecule has 3 aromatic carbocycles. The SMILES string of the molecule is CCc1cccc(CNC[C@@H](O)[C@H](Cc2cc(F)cc(F)c2)NC(=O)c2cccc(-c3ncco3)c2)c1.Cl. The molecule has 200 valence electrons. The average molecular weight is 542 g/mol. The first-order valence-electron chi connectivity index (χ1n) is 12.1. The highest BCUT2D eigenvalue weighted by molar-refractivity contribution is 5.95. The second kappa shape index (κ2) is 13.8. The van der Waals surface area contributed by atoms with Gasteiger partial charge < -0.3 is 20.2 Å². The van der Waals surface area contributed by atoms with Gasteiger partial charge in [0, 0.05) is 30.3 Å². The number of nitrogens with zero attached hydrogens (tertiary/aromatic N) is 1. The standard InChI is InChI=1S/C29H29F2N3O3.ClH/c1-2-19-5-3-6-20(11-19)17-32-18-27(35)26(14-21-12-24(30)16-25(31)13-21)34-28(36)22-7-4-8-23(15-22)29-33-9-10-37-29;/h3-13,15-16,26-27,32,35H,2,14,17-18H2,1H3,(H,34,36);1H/t26-,27+;/m0./s1. The molecule has 0 aliphatic heterocycles. The van der Waals surface area contributed by atoms with E-state index < -0.39 is 29.7 Å². The van der Waals surface area contributed by atoms with E-state index in [0.29, 0.717) is 29.1 Å². The molecule has 4 aromatic rings. The topological polar surface area (TPSA) is 87.4 Å². The minimum atomic E-state index is -1.03. The van der Waals surface area contributed by atoms with Crippen molar-refractivity contribution in [2.45, 2.75) is 38.5 Å². The van der Waals surface area contributed by atoms with Crippen molar-refractivity contribution in [3.8, 4) is 11.5 Å². The van der Waals surface area contributed by atoms with E-state index in [1.165, 1.54) is 30.2 Å². The number of hydrogen-bond acceptors (Lipinski definition) is 5. The van der Waals surface area contributed by atoms with Crippen LogP contribution in [0.2, 0.25) is 0 Å². The summed E-state index contributed by atoms with van der Waals surface area (Å²) in [6.45, 7) is 2.77. The molecule has 9 heteroatoms. The van der Waals surface area contributed by atoms with Crippen molar-refractivity contribution >= 4 is 18.3 Å². The van der Waals surface area contributed by atoms with Crippen molar-refractivity contribution in [3.63, 3.8) is 0 Å². The van der Waals surface area contributed by atoms with Crippen LogP contribution in [-0.2, 0) is 19.4 Å². The van der Waals surface area contributed by atoms with Crippen LogP contribution >= 0.6 is 12.4 Å². The maximum atomic E-state index is 13.8. The third kappa shape index (κ3) is 7.95. The van der Waals surface area contributed by atoms with Gasteiger partial charge in [0.2, 0.25) is 5.89 Å². The Labute approximate surface area is 226 Å². The lowest BCUT2D eigenvalue weighted by Crippen LogP contribution is -2.48. The Morgan fingerprint density at radius 2 is 1.74 bits per heavy atom. The second-order valence-electron chi connectivity index (χ2n) is 8.85. The molecule has 1 amide bonds. The Morgan fingerprint density at radius 1 is 1.00 bits per heavy atom. The molecule has 0 radical (unpaired) electrons. The molecule has 0 fully saturated rings. The van der Waals surface area contributed by atoms with Crippen molar-refractivity contribution in [1.29, 1.82) is 0 Å². The van der Waals surface area contributed by atoms with Gasteiger partial charge in [0.05, 0.1) is 18.3 Å². The Hall–Kier alpha value is -3.59. The van der Waals surface area contributed by atoms with Crippen LogP contribution in [0, 0.1) is 11.6 Å². The lowest BCUT2D eigenvalue weighted by atomic mass is 9.99. The second-order valence-corrected chi connectivity index (χ2v) is 8.85. The Bertz CT molecular complexity index is 1310. The fourth-order valence-corrected chi connectivity index (χ4v) is 4.14. The third-order valence-electron chi connectivity index (χ3n) is 6.05. The molecule has 6 nitrogen and oxygen atoms in total. The van der Waals surface area contributed by atoms with E-state index in [2.05, 4.69) is 34.7 Å². The highest BCUT2D eigenvalue weighted by atomic mass is 35.5. The number of aryl methyl sites for hydroxylation is 1. The molecule has 0 spiro atoms. The molecule has 3 N–H and O–H groups in total. The summed E-state index contributed by atoms with van der Waals surface area (Å²) in [7, 11) is 0. The number of carbonyl (C=O) groups excluding carboxylic acids is 1. The van der Waals surface area contributed by atoms with Gasteiger partial charge in [-0.3, -0.25) is 4.79 Å². The van der Waals surface area contributed by atoms with Gasteiger partial charge in [-0.1, -0.05) is 37.3 Å². The molecule has 0 saturated heterocycles. The number of hydrogen-bond donors (Lipinski definition) is 3. The smallest absolute Gasteiger partial charge is 0.251 e. The molecule has 0 bridgehead atoms. The van der Waals surface area contributed by atoms with E-state index in [1.54, 1.807) is 24.3 Å². The molecule has 1 heterocycles. The molecule has 1 aromatic heterocycles. The number of aromatic nitrogens is 1. The van der Waals surface area contributed by atoms with E-state index >= 15 is 0 Å². The molecular formula is C29H30ClF2N3O3. The minimum absolute atomic E-state index is 0. The minimum Gasteiger partial charge on any atom is -0.445 e. The van der Waals surface area contributed by atoms with Crippen LogP contribution in [0.1, 0.15) is 34.0 Å². The average Bonchev–Trinajstić information content (AvgIpc) is 3.43. The van der Waals surface area contributed by atoms with Gasteiger partial charge >= 0.3 is 0 Å². The molecule has 0 aliphatic carbocycles. The summed E-state index contributed by atoms with van der Waals surface area (Å²) in [6.07, 6.45) is 2.88. The zero-order chi connectivity index (χ0) is 26.2. The van der Waals surface area contributed by atoms with Gasteiger partial charge in [0.25, 0.3) is 5.91 Å². The van der Waals surface area contributed by atoms with Crippen LogP contribution in [0.25, 0.3) is 11.5 Å². The molecule has 38 heavy (non-hydrogen) atoms. The van der Waals surface area contributed by atoms with E-state index in [0.717, 1.165) is 18.1 Å². The monoisotopic (exact) mass is 541 g/mol. The summed E-state index contributed by atoms with van der Waals surface area (Å²) < 4.78 is 33.0. The first kappa shape index (κ1) is 29.0. The third-order valence-corrected chi connectivity index (χ3v) is 6.05. The number of nitrogens with one attached hydrogen (secondary N) is 2. The number of aliphatic hydroxyl groups is 1. The van der Waals surface area contributed by atoms with E-state index in [9.17, 15) is 18.7 Å². The van der Waals surface area contributed by atoms with Crippen LogP contribution < -0.4 is 10.6 Å². The zero-order valence-corrected chi connectivity index (χ0v) is 21.7. The van der Waals surface area contributed by atoms with Gasteiger partial charge in [-0.15, -0.1) is 12.4 Å². The van der Waals surface area contributed by atoms with E-state index in [1.807, 2.05) is 12.1 Å². The largest absolute Gasteiger partial charge is 0.445 e. The summed E-state index contributed by atoms with van der Waals surface area (Å²) in [4.78, 5) is 17.2. The molecule has 4 rings (SSSR count). The number of aliphatic hydroxyl groups excluding tert-OH is 1. The number of oxazole rings is 1. The first-order chi connectivity index (χ1) is 17.9. The van der Waals surface area contributed by atoms with Gasteiger partial charge in [-0.2, -0.15) is 0 Å². The lowest BCUT2D eigenvalue weighted by Gasteiger charge is -2.25. The molecule has 0 aliphatic rings. The van der Waals surface area contributed by atoms with Crippen molar-refractivity contribution in [2.24, 2.45) is 0 Å². The summed E-state index contributed by atoms with van der Waals surface area (Å²) >= 11 is 0. The van der Waals surface area contributed by atoms with Gasteiger partial charge in [-0.05, 0) is 59.9 Å². The highest BCUT2D eigenvalue weighted by Gasteiger charge is 2.23. The Balaban J connectivity index is 0.00000400. The van der Waals surface area contributed by atoms with E-state index in [-0.39, 0.29) is 25.4 Å². The predicted molar refractivity (Wildman–Crippen MR) is 144 cm³/mol. The number of benzene rings is 3. The normalized spacial score (nSPS) is 12.4. The lowest BCUT2D eigenvalue weighted by molar-refractivity contribution is 0.0830. The number of carbonyl (C=O) groups is 1. The maximum Gasteiger partial charge on any atom is 0.251 e. The van der Waals surface area contributed by atoms with Crippen molar-refractivity contribution in [2.75, 3.05) is 6.54 Å². The van der Waals surface area contributed by atoms with Crippen LogP contribution in [0.5, 0.6) is 0 Å². The molecule has 0 saturated carbocycles. The van der Waals surface area contributed by atoms with Gasteiger partial charge in [0.15, 0.2) is 0 Å². The van der Waals surface area contributed by atoms with Crippen molar-refractivity contribution < 1.29 is 23.1 Å². The fourth-order valence-electron chi connectivity index (χ4n) is 4.14. The van der Waals surface area contributed by atoms with Crippen LogP contribution in [0.15, 0.2) is 83.6 Å². The maximum absolute atomic E-state index is 13.8. The van der Waals surface area contributed by atoms with Crippen LogP contribution in [0.3, 0.4) is 0 Å². The van der Waals surface area contributed by atoms with Crippen molar-refractivity contribution in [1.82, 2.24) is 15.6 Å².